The summed E-state index contributed by atoms with van der Waals surface area (Å²) in [6.07, 6.45) is 5.25. The topological polar surface area (TPSA) is 143 Å². The number of hydrogen-bond donors (Lipinski definition) is 4. The van der Waals surface area contributed by atoms with Gasteiger partial charge in [0.05, 0.1) is 10.6 Å². The van der Waals surface area contributed by atoms with E-state index in [1.807, 2.05) is 42.6 Å². The van der Waals surface area contributed by atoms with Gasteiger partial charge in [-0.05, 0) is 61.2 Å². The minimum Gasteiger partial charge on any atom is -0.677 e. The zero-order valence-electron chi connectivity index (χ0n) is 27.2. The first kappa shape index (κ1) is 35.7. The van der Waals surface area contributed by atoms with E-state index in [0.29, 0.717) is 51.3 Å². The molecule has 2 aromatic heterocycles. The molecule has 10 nitrogen and oxygen atoms in total. The van der Waals surface area contributed by atoms with E-state index < -0.39 is 17.6 Å². The van der Waals surface area contributed by atoms with E-state index in [1.165, 1.54) is 16.7 Å². The number of aromatic amines is 1. The van der Waals surface area contributed by atoms with Gasteiger partial charge in [-0.1, -0.05) is 72.1 Å². The maximum Gasteiger partial charge on any atom is 0.245 e. The van der Waals surface area contributed by atoms with Gasteiger partial charge in [0.15, 0.2) is 0 Å². The van der Waals surface area contributed by atoms with Crippen LogP contribution in [0, 0.1) is 0 Å². The summed E-state index contributed by atoms with van der Waals surface area (Å²) in [7, 11) is 1.60. The van der Waals surface area contributed by atoms with Crippen LogP contribution in [0.25, 0.3) is 16.6 Å². The SMILES string of the molecule is CN1C(=O)[C@H](CCCC[NH-])NC(=O)C(C)(C)NCc2cccnc2Sc2c(Cl)cc(Cl)cc2CNC(=O)[C@@H]1Cc1c[nH]c2ccccc12. The quantitative estimate of drug-likeness (QED) is 0.173. The summed E-state index contributed by atoms with van der Waals surface area (Å²) in [6, 6.07) is 13.1. The number of amides is 3. The second-order valence-corrected chi connectivity index (χ2v) is 14.3. The van der Waals surface area contributed by atoms with Crippen LogP contribution in [0.1, 0.15) is 49.8 Å². The van der Waals surface area contributed by atoms with Crippen molar-refractivity contribution < 1.29 is 14.4 Å². The zero-order valence-corrected chi connectivity index (χ0v) is 29.5. The van der Waals surface area contributed by atoms with E-state index in [1.54, 1.807) is 39.2 Å². The maximum absolute atomic E-state index is 14.3. The molecule has 0 bridgehead atoms. The highest BCUT2D eigenvalue weighted by molar-refractivity contribution is 7.99. The van der Waals surface area contributed by atoms with Gasteiger partial charge in [0, 0.05) is 59.8 Å². The molecular weight excluding hydrogens is 669 g/mol. The first-order valence-electron chi connectivity index (χ1n) is 15.9. The summed E-state index contributed by atoms with van der Waals surface area (Å²) in [5.41, 5.74) is 9.88. The fourth-order valence-corrected chi connectivity index (χ4v) is 7.33. The number of carbonyl (C=O) groups is 3. The maximum atomic E-state index is 14.3. The molecule has 0 spiro atoms. The second-order valence-electron chi connectivity index (χ2n) is 12.4. The summed E-state index contributed by atoms with van der Waals surface area (Å²) in [5, 5.41) is 11.8. The van der Waals surface area contributed by atoms with Crippen LogP contribution in [-0.4, -0.2) is 63.8 Å². The van der Waals surface area contributed by atoms with Crippen molar-refractivity contribution in [2.75, 3.05) is 13.6 Å². The number of unbranched alkanes of at least 4 members (excludes halogenated alkanes) is 1. The Balaban J connectivity index is 1.57. The number of rotatable bonds is 6. The lowest BCUT2D eigenvalue weighted by molar-refractivity contribution is -0.142. The highest BCUT2D eigenvalue weighted by Gasteiger charge is 2.36. The molecule has 2 aromatic carbocycles. The van der Waals surface area contributed by atoms with Crippen LogP contribution in [0.3, 0.4) is 0 Å². The summed E-state index contributed by atoms with van der Waals surface area (Å²) < 4.78 is 0. The fourth-order valence-electron chi connectivity index (χ4n) is 5.69. The summed E-state index contributed by atoms with van der Waals surface area (Å²) >= 11 is 14.5. The van der Waals surface area contributed by atoms with E-state index in [2.05, 4.69) is 25.9 Å². The van der Waals surface area contributed by atoms with Gasteiger partial charge in [0.2, 0.25) is 17.7 Å². The standard InChI is InChI=1S/C35H40Cl2N7O3S/c1-35(2)34(47)43-28(12-6-7-13-38)33(46)44(3)29(16-22-18-40-27-11-5-4-10-25(22)27)31(45)41-19-23-15-24(36)17-26(37)30(23)48-32-21(20-42-35)9-8-14-39-32/h4-5,8-11,14-15,17-18,28-29,38,40,42H,6-7,12-13,16,19-20H2,1-3H3,(H,41,45)(H,43,47)/q-1/t28-,29-/m0/s1. The molecule has 13 heteroatoms. The highest BCUT2D eigenvalue weighted by Crippen LogP contribution is 2.38. The number of nitrogens with zero attached hydrogens (tertiary/aromatic N) is 2. The molecule has 2 atom stereocenters. The fraction of sp³-hybridized carbons (Fsp3) is 0.371. The first-order valence-corrected chi connectivity index (χ1v) is 17.5. The summed E-state index contributed by atoms with van der Waals surface area (Å²) in [4.78, 5) is 52.2. The lowest BCUT2D eigenvalue weighted by Gasteiger charge is -2.33. The molecule has 0 saturated heterocycles. The van der Waals surface area contributed by atoms with Gasteiger partial charge < -0.3 is 26.3 Å². The van der Waals surface area contributed by atoms with Crippen LogP contribution in [-0.2, 0) is 33.9 Å². The van der Waals surface area contributed by atoms with Crippen LogP contribution >= 0.6 is 35.0 Å². The van der Waals surface area contributed by atoms with Crippen LogP contribution in [0.5, 0.6) is 0 Å². The molecule has 0 fully saturated rings. The molecule has 1 aliphatic rings. The number of H-pyrrole nitrogens is 1. The number of halogens is 2. The number of nitrogens with one attached hydrogen (secondary N) is 5. The molecule has 3 amide bonds. The molecule has 0 aliphatic carbocycles. The molecule has 0 saturated carbocycles. The third-order valence-electron chi connectivity index (χ3n) is 8.60. The Morgan fingerprint density at radius 2 is 1.83 bits per heavy atom. The zero-order chi connectivity index (χ0) is 34.4. The molecular formula is C35H40Cl2N7O3S-. The van der Waals surface area contributed by atoms with Gasteiger partial charge in [-0.15, -0.1) is 0 Å². The molecule has 1 aliphatic heterocycles. The number of aromatic nitrogens is 2. The van der Waals surface area contributed by atoms with Gasteiger partial charge in [-0.3, -0.25) is 19.7 Å². The van der Waals surface area contributed by atoms with Crippen molar-refractivity contribution in [2.24, 2.45) is 0 Å². The van der Waals surface area contributed by atoms with Crippen molar-refractivity contribution in [1.82, 2.24) is 30.8 Å². The highest BCUT2D eigenvalue weighted by atomic mass is 35.5. The van der Waals surface area contributed by atoms with Gasteiger partial charge in [0.1, 0.15) is 17.1 Å². The number of benzene rings is 2. The number of fused-ring (bicyclic) bond motifs is 3. The van der Waals surface area contributed by atoms with Crippen LogP contribution < -0.4 is 16.0 Å². The molecule has 0 radical (unpaired) electrons. The molecule has 4 aromatic rings. The van der Waals surface area contributed by atoms with E-state index in [9.17, 15) is 14.4 Å². The normalized spacial score (nSPS) is 19.3. The van der Waals surface area contributed by atoms with Crippen LogP contribution in [0.2, 0.25) is 10.0 Å². The number of para-hydroxylation sites is 1. The van der Waals surface area contributed by atoms with Crippen LogP contribution in [0.15, 0.2) is 70.8 Å². The number of carbonyl (C=O) groups excluding carboxylic acids is 3. The van der Waals surface area contributed by atoms with Crippen molar-refractivity contribution in [1.29, 1.82) is 0 Å². The molecule has 5 rings (SSSR count). The average molecular weight is 710 g/mol. The summed E-state index contributed by atoms with van der Waals surface area (Å²) in [5.74, 6) is -1.11. The van der Waals surface area contributed by atoms with Crippen LogP contribution in [0.4, 0.5) is 0 Å². The van der Waals surface area contributed by atoms with Gasteiger partial charge in [0.25, 0.3) is 0 Å². The van der Waals surface area contributed by atoms with E-state index in [-0.39, 0.29) is 37.2 Å². The molecule has 5 N–H and O–H groups in total. The van der Waals surface area contributed by atoms with Crippen molar-refractivity contribution in [3.8, 4) is 0 Å². The lowest BCUT2D eigenvalue weighted by Crippen LogP contribution is -2.59. The Morgan fingerprint density at radius 3 is 2.62 bits per heavy atom. The minimum absolute atomic E-state index is 0.102. The summed E-state index contributed by atoms with van der Waals surface area (Å²) in [6.45, 7) is 4.15. The Labute approximate surface area is 294 Å². The number of hydrogen-bond acceptors (Lipinski definition) is 6. The molecule has 3 heterocycles. The number of likely N-dealkylation sites (N-methyl/N-ethyl adjacent to an activating group) is 1. The minimum atomic E-state index is -1.07. The average Bonchev–Trinajstić information content (AvgIpc) is 3.48. The Morgan fingerprint density at radius 1 is 1.04 bits per heavy atom. The Kier molecular flexibility index (Phi) is 11.7. The Bertz CT molecular complexity index is 1800. The third kappa shape index (κ3) is 8.33. The predicted molar refractivity (Wildman–Crippen MR) is 191 cm³/mol. The molecule has 48 heavy (non-hydrogen) atoms. The smallest absolute Gasteiger partial charge is 0.245 e. The predicted octanol–water partition coefficient (Wildman–Crippen LogP) is 6.30. The molecule has 0 unspecified atom stereocenters. The van der Waals surface area contributed by atoms with Gasteiger partial charge in [-0.25, -0.2) is 4.98 Å². The van der Waals surface area contributed by atoms with E-state index in [0.717, 1.165) is 22.0 Å². The van der Waals surface area contributed by atoms with Crippen molar-refractivity contribution >= 4 is 63.6 Å². The van der Waals surface area contributed by atoms with E-state index >= 15 is 0 Å². The van der Waals surface area contributed by atoms with Crippen molar-refractivity contribution in [2.45, 2.75) is 80.2 Å². The monoisotopic (exact) mass is 708 g/mol. The Hall–Kier alpha value is -3.61. The van der Waals surface area contributed by atoms with Crippen molar-refractivity contribution in [3.63, 3.8) is 0 Å². The van der Waals surface area contributed by atoms with E-state index in [4.69, 9.17) is 28.9 Å². The second kappa shape index (κ2) is 15.7. The third-order valence-corrected chi connectivity index (χ3v) is 10.5. The largest absolute Gasteiger partial charge is 0.677 e. The van der Waals surface area contributed by atoms with Gasteiger partial charge in [-0.2, -0.15) is 6.54 Å². The van der Waals surface area contributed by atoms with Crippen molar-refractivity contribution in [3.05, 3.63) is 93.4 Å². The molecule has 254 valence electrons. The number of pyridine rings is 1. The lowest BCUT2D eigenvalue weighted by atomic mass is 9.99. The first-order chi connectivity index (χ1) is 23.0. The van der Waals surface area contributed by atoms with Gasteiger partial charge >= 0.3 is 0 Å².